The first-order chi connectivity index (χ1) is 10.0. The van der Waals surface area contributed by atoms with E-state index in [1.807, 2.05) is 13.0 Å². The van der Waals surface area contributed by atoms with Crippen LogP contribution in [0.15, 0.2) is 53.4 Å². The Morgan fingerprint density at radius 2 is 1.86 bits per heavy atom. The highest BCUT2D eigenvalue weighted by atomic mass is 32.2. The number of nitrogens with one attached hydrogen (secondary N) is 1. The van der Waals surface area contributed by atoms with Gasteiger partial charge in [-0.1, -0.05) is 30.0 Å². The first kappa shape index (κ1) is 15.1. The summed E-state index contributed by atoms with van der Waals surface area (Å²) in [4.78, 5) is 0.203. The monoisotopic (exact) mass is 301 g/mol. The molecule has 0 bridgehead atoms. The molecule has 0 saturated carbocycles. The fourth-order valence-electron chi connectivity index (χ4n) is 1.87. The van der Waals surface area contributed by atoms with E-state index in [1.54, 1.807) is 30.3 Å². The van der Waals surface area contributed by atoms with Crippen molar-refractivity contribution in [2.75, 3.05) is 11.3 Å². The van der Waals surface area contributed by atoms with Crippen molar-refractivity contribution in [3.8, 4) is 11.8 Å². The molecule has 5 heteroatoms. The van der Waals surface area contributed by atoms with Crippen molar-refractivity contribution >= 4 is 15.7 Å². The molecular formula is C16H15NO3S. The molecule has 2 aromatic carbocycles. The van der Waals surface area contributed by atoms with Gasteiger partial charge in [0, 0.05) is 5.56 Å². The lowest BCUT2D eigenvalue weighted by molar-refractivity contribution is 0.350. The van der Waals surface area contributed by atoms with Crippen LogP contribution in [0.25, 0.3) is 0 Å². The van der Waals surface area contributed by atoms with E-state index in [0.717, 1.165) is 5.56 Å². The summed E-state index contributed by atoms with van der Waals surface area (Å²) in [6, 6.07) is 13.3. The van der Waals surface area contributed by atoms with Crippen LogP contribution >= 0.6 is 0 Å². The van der Waals surface area contributed by atoms with E-state index in [-0.39, 0.29) is 11.5 Å². The normalized spacial score (nSPS) is 10.6. The van der Waals surface area contributed by atoms with Crippen LogP contribution in [0.3, 0.4) is 0 Å². The molecule has 4 nitrogen and oxygen atoms in total. The number of aliphatic hydroxyl groups excluding tert-OH is 1. The molecule has 2 rings (SSSR count). The average molecular weight is 301 g/mol. The number of sulfonamides is 1. The number of rotatable bonds is 3. The van der Waals surface area contributed by atoms with Crippen LogP contribution in [0.2, 0.25) is 0 Å². The van der Waals surface area contributed by atoms with Crippen molar-refractivity contribution in [2.24, 2.45) is 0 Å². The Balaban J connectivity index is 2.33. The molecule has 0 spiro atoms. The van der Waals surface area contributed by atoms with Crippen LogP contribution in [0.4, 0.5) is 5.69 Å². The third-order valence-corrected chi connectivity index (χ3v) is 4.09. The lowest BCUT2D eigenvalue weighted by Crippen LogP contribution is -2.13. The van der Waals surface area contributed by atoms with Gasteiger partial charge in [0.1, 0.15) is 6.61 Å². The zero-order valence-electron chi connectivity index (χ0n) is 11.5. The van der Waals surface area contributed by atoms with Gasteiger partial charge in [0.15, 0.2) is 0 Å². The highest BCUT2D eigenvalue weighted by Gasteiger charge is 2.13. The van der Waals surface area contributed by atoms with E-state index in [9.17, 15) is 8.42 Å². The van der Waals surface area contributed by atoms with Crippen LogP contribution in [-0.2, 0) is 10.0 Å². The van der Waals surface area contributed by atoms with Crippen molar-refractivity contribution in [3.63, 3.8) is 0 Å². The molecule has 0 atom stereocenters. The van der Waals surface area contributed by atoms with Crippen LogP contribution in [0.1, 0.15) is 11.1 Å². The smallest absolute Gasteiger partial charge is 0.261 e. The Morgan fingerprint density at radius 1 is 1.14 bits per heavy atom. The molecule has 0 saturated heterocycles. The third-order valence-electron chi connectivity index (χ3n) is 2.69. The van der Waals surface area contributed by atoms with Gasteiger partial charge in [-0.2, -0.15) is 0 Å². The number of hydrogen-bond acceptors (Lipinski definition) is 3. The van der Waals surface area contributed by atoms with Crippen LogP contribution < -0.4 is 4.72 Å². The maximum atomic E-state index is 12.3. The Kier molecular flexibility index (Phi) is 4.63. The summed E-state index contributed by atoms with van der Waals surface area (Å²) in [5.74, 6) is 5.31. The minimum atomic E-state index is -3.61. The Labute approximate surface area is 124 Å². The van der Waals surface area contributed by atoms with Crippen LogP contribution in [0, 0.1) is 18.8 Å². The van der Waals surface area contributed by atoms with E-state index in [2.05, 4.69) is 16.6 Å². The lowest BCUT2D eigenvalue weighted by atomic mass is 10.1. The molecule has 0 aromatic heterocycles. The van der Waals surface area contributed by atoms with Gasteiger partial charge in [0.2, 0.25) is 0 Å². The fraction of sp³-hybridized carbons (Fsp3) is 0.125. The molecular weight excluding hydrogens is 286 g/mol. The maximum Gasteiger partial charge on any atom is 0.261 e. The van der Waals surface area contributed by atoms with Crippen molar-refractivity contribution in [1.29, 1.82) is 0 Å². The number of aliphatic hydroxyl groups is 1. The number of hydrogen-bond donors (Lipinski definition) is 2. The van der Waals surface area contributed by atoms with Crippen molar-refractivity contribution in [3.05, 3.63) is 59.7 Å². The van der Waals surface area contributed by atoms with Gasteiger partial charge < -0.3 is 5.11 Å². The van der Waals surface area contributed by atoms with E-state index in [0.29, 0.717) is 11.3 Å². The van der Waals surface area contributed by atoms with E-state index in [4.69, 9.17) is 5.11 Å². The van der Waals surface area contributed by atoms with E-state index in [1.165, 1.54) is 12.1 Å². The summed E-state index contributed by atoms with van der Waals surface area (Å²) in [5, 5.41) is 8.72. The lowest BCUT2D eigenvalue weighted by Gasteiger charge is -2.09. The summed E-state index contributed by atoms with van der Waals surface area (Å²) in [5.41, 5.74) is 1.97. The molecule has 0 radical (unpaired) electrons. The molecule has 0 amide bonds. The first-order valence-electron chi connectivity index (χ1n) is 6.30. The standard InChI is InChI=1S/C16H15NO3S/c1-13-10-14(6-5-9-18)12-15(11-13)17-21(19,20)16-7-3-2-4-8-16/h2-4,7-8,10-12,17-18H,9H2,1H3. The minimum Gasteiger partial charge on any atom is -0.384 e. The van der Waals surface area contributed by atoms with Gasteiger partial charge in [-0.25, -0.2) is 8.42 Å². The highest BCUT2D eigenvalue weighted by molar-refractivity contribution is 7.92. The highest BCUT2D eigenvalue weighted by Crippen LogP contribution is 2.18. The summed E-state index contributed by atoms with van der Waals surface area (Å²) in [6.45, 7) is 1.61. The molecule has 0 unspecified atom stereocenters. The first-order valence-corrected chi connectivity index (χ1v) is 7.79. The molecule has 0 aliphatic rings. The Morgan fingerprint density at radius 3 is 2.52 bits per heavy atom. The van der Waals surface area contributed by atoms with Gasteiger partial charge in [0.25, 0.3) is 10.0 Å². The van der Waals surface area contributed by atoms with Gasteiger partial charge >= 0.3 is 0 Å². The predicted molar refractivity (Wildman–Crippen MR) is 82.4 cm³/mol. The largest absolute Gasteiger partial charge is 0.384 e. The molecule has 0 fully saturated rings. The SMILES string of the molecule is Cc1cc(C#CCO)cc(NS(=O)(=O)c2ccccc2)c1. The summed E-state index contributed by atoms with van der Waals surface area (Å²) in [6.07, 6.45) is 0. The van der Waals surface area contributed by atoms with Crippen LogP contribution in [0.5, 0.6) is 0 Å². The van der Waals surface area contributed by atoms with E-state index < -0.39 is 10.0 Å². The number of benzene rings is 2. The van der Waals surface area contributed by atoms with Gasteiger partial charge in [-0.05, 0) is 42.8 Å². The van der Waals surface area contributed by atoms with Crippen molar-refractivity contribution in [1.82, 2.24) is 0 Å². The molecule has 0 aliphatic carbocycles. The molecule has 2 N–H and O–H groups in total. The molecule has 2 aromatic rings. The second-order valence-corrected chi connectivity index (χ2v) is 6.15. The van der Waals surface area contributed by atoms with Gasteiger partial charge in [-0.3, -0.25) is 4.72 Å². The predicted octanol–water partition coefficient (Wildman–Crippen LogP) is 2.14. The van der Waals surface area contributed by atoms with E-state index >= 15 is 0 Å². The summed E-state index contributed by atoms with van der Waals surface area (Å²) >= 11 is 0. The van der Waals surface area contributed by atoms with Crippen molar-refractivity contribution < 1.29 is 13.5 Å². The van der Waals surface area contributed by atoms with Gasteiger partial charge in [0.05, 0.1) is 10.6 Å². The quantitative estimate of drug-likeness (QED) is 0.854. The Hall–Kier alpha value is -2.29. The minimum absolute atomic E-state index is 0.203. The maximum absolute atomic E-state index is 12.3. The molecule has 0 aliphatic heterocycles. The molecule has 108 valence electrons. The average Bonchev–Trinajstić information content (AvgIpc) is 2.45. The molecule has 0 heterocycles. The summed E-state index contributed by atoms with van der Waals surface area (Å²) in [7, 11) is -3.61. The zero-order chi connectivity index (χ0) is 15.3. The number of aryl methyl sites for hydroxylation is 1. The zero-order valence-corrected chi connectivity index (χ0v) is 12.3. The van der Waals surface area contributed by atoms with Crippen LogP contribution in [-0.4, -0.2) is 20.1 Å². The molecule has 21 heavy (non-hydrogen) atoms. The number of anilines is 1. The van der Waals surface area contributed by atoms with Crippen molar-refractivity contribution in [2.45, 2.75) is 11.8 Å². The topological polar surface area (TPSA) is 66.4 Å². The fourth-order valence-corrected chi connectivity index (χ4v) is 2.93. The van der Waals surface area contributed by atoms with Gasteiger partial charge in [-0.15, -0.1) is 0 Å². The second-order valence-electron chi connectivity index (χ2n) is 4.47. The Bertz CT molecular complexity index is 787. The summed E-state index contributed by atoms with van der Waals surface area (Å²) < 4.78 is 27.0. The third kappa shape index (κ3) is 4.09. The second kappa shape index (κ2) is 6.44.